The van der Waals surface area contributed by atoms with Crippen LogP contribution < -0.4 is 5.32 Å². The van der Waals surface area contributed by atoms with E-state index in [4.69, 9.17) is 5.10 Å². The fourth-order valence-electron chi connectivity index (χ4n) is 6.62. The first-order valence-electron chi connectivity index (χ1n) is 13.4. The molecule has 0 bridgehead atoms. The molecule has 0 fully saturated rings. The number of aromatic nitrogens is 3. The summed E-state index contributed by atoms with van der Waals surface area (Å²) >= 11 is 0. The van der Waals surface area contributed by atoms with Gasteiger partial charge in [-0.15, -0.1) is 0 Å². The van der Waals surface area contributed by atoms with Gasteiger partial charge in [-0.3, -0.25) is 4.79 Å². The van der Waals surface area contributed by atoms with Crippen LogP contribution in [-0.4, -0.2) is 26.7 Å². The zero-order chi connectivity index (χ0) is 25.5. The molecule has 0 saturated carbocycles. The first-order valence-corrected chi connectivity index (χ1v) is 13.4. The number of carbonyl (C=O) groups excluding carboxylic acids is 1. The standard InChI is InChI=1S/C31H33FN4O/c1-3-5-23(35-31(37)26-6-4-7-28-25(26)14-15-33-28)16-20-8-9-21-17-29-27(19(2)30(20)21)18-34-36(29)24-12-10-22(32)11-13-24/h4,6-7,10-15,18-20,23,33H,3,5,8-9,16-17H2,1-2H3,(H,35,37)/t19-,20+,23?/m0/s1. The lowest BCUT2D eigenvalue weighted by atomic mass is 9.78. The zero-order valence-electron chi connectivity index (χ0n) is 21.4. The van der Waals surface area contributed by atoms with Crippen molar-refractivity contribution in [3.63, 3.8) is 0 Å². The van der Waals surface area contributed by atoms with Crippen LogP contribution in [0.25, 0.3) is 16.6 Å². The van der Waals surface area contributed by atoms with Gasteiger partial charge in [0.25, 0.3) is 5.91 Å². The Morgan fingerprint density at radius 3 is 2.86 bits per heavy atom. The number of nitrogens with one attached hydrogen (secondary N) is 2. The van der Waals surface area contributed by atoms with Gasteiger partial charge < -0.3 is 10.3 Å². The third-order valence-corrected chi connectivity index (χ3v) is 8.31. The molecule has 4 aromatic rings. The average molecular weight is 497 g/mol. The van der Waals surface area contributed by atoms with Gasteiger partial charge in [0.1, 0.15) is 5.82 Å². The molecule has 2 aliphatic carbocycles. The Labute approximate surface area is 216 Å². The molecule has 190 valence electrons. The Morgan fingerprint density at radius 1 is 1.22 bits per heavy atom. The highest BCUT2D eigenvalue weighted by Crippen LogP contribution is 2.48. The molecule has 1 amide bonds. The lowest BCUT2D eigenvalue weighted by molar-refractivity contribution is 0.0931. The lowest BCUT2D eigenvalue weighted by Crippen LogP contribution is -2.36. The van der Waals surface area contributed by atoms with Crippen LogP contribution in [0, 0.1) is 11.7 Å². The van der Waals surface area contributed by atoms with Crippen molar-refractivity contribution < 1.29 is 9.18 Å². The van der Waals surface area contributed by atoms with Gasteiger partial charge in [-0.2, -0.15) is 5.10 Å². The fourth-order valence-corrected chi connectivity index (χ4v) is 6.62. The highest BCUT2D eigenvalue weighted by Gasteiger charge is 2.37. The van der Waals surface area contributed by atoms with E-state index in [0.717, 1.165) is 60.7 Å². The van der Waals surface area contributed by atoms with E-state index in [1.165, 1.54) is 29.0 Å². The number of hydrogen-bond acceptors (Lipinski definition) is 2. The molecule has 37 heavy (non-hydrogen) atoms. The quantitative estimate of drug-likeness (QED) is 0.275. The van der Waals surface area contributed by atoms with Gasteiger partial charge >= 0.3 is 0 Å². The molecule has 2 heterocycles. The van der Waals surface area contributed by atoms with E-state index in [-0.39, 0.29) is 17.8 Å². The minimum absolute atomic E-state index is 0.00963. The van der Waals surface area contributed by atoms with Crippen LogP contribution >= 0.6 is 0 Å². The van der Waals surface area contributed by atoms with Crippen molar-refractivity contribution in [3.8, 4) is 5.69 Å². The van der Waals surface area contributed by atoms with Crippen LogP contribution in [0.15, 0.2) is 72.1 Å². The second kappa shape index (κ2) is 9.66. The van der Waals surface area contributed by atoms with Crippen molar-refractivity contribution in [3.05, 3.63) is 94.7 Å². The molecular weight excluding hydrogens is 463 g/mol. The molecule has 2 aliphatic rings. The highest BCUT2D eigenvalue weighted by molar-refractivity contribution is 6.06. The predicted octanol–water partition coefficient (Wildman–Crippen LogP) is 6.85. The largest absolute Gasteiger partial charge is 0.361 e. The van der Waals surface area contributed by atoms with Crippen LogP contribution in [0.3, 0.4) is 0 Å². The maximum atomic E-state index is 13.5. The van der Waals surface area contributed by atoms with Crippen LogP contribution in [0.4, 0.5) is 4.39 Å². The third kappa shape index (κ3) is 4.28. The highest BCUT2D eigenvalue weighted by atomic mass is 19.1. The molecule has 3 atom stereocenters. The number of fused-ring (bicyclic) bond motifs is 2. The summed E-state index contributed by atoms with van der Waals surface area (Å²) in [5.41, 5.74) is 8.17. The molecule has 1 unspecified atom stereocenters. The zero-order valence-corrected chi connectivity index (χ0v) is 21.4. The van der Waals surface area contributed by atoms with E-state index < -0.39 is 0 Å². The smallest absolute Gasteiger partial charge is 0.252 e. The molecule has 0 saturated heterocycles. The van der Waals surface area contributed by atoms with Gasteiger partial charge in [0, 0.05) is 46.6 Å². The molecule has 6 heteroatoms. The van der Waals surface area contributed by atoms with Gasteiger partial charge in [0.2, 0.25) is 0 Å². The summed E-state index contributed by atoms with van der Waals surface area (Å²) in [6.45, 7) is 4.48. The van der Waals surface area contributed by atoms with Crippen molar-refractivity contribution in [2.75, 3.05) is 0 Å². The summed E-state index contributed by atoms with van der Waals surface area (Å²) in [6, 6.07) is 14.5. The first kappa shape index (κ1) is 23.7. The number of halogens is 1. The first-order chi connectivity index (χ1) is 18.0. The molecule has 2 N–H and O–H groups in total. The Hall–Kier alpha value is -3.67. The number of H-pyrrole nitrogens is 1. The summed E-state index contributed by atoms with van der Waals surface area (Å²) in [5.74, 6) is 0.537. The topological polar surface area (TPSA) is 62.7 Å². The van der Waals surface area contributed by atoms with E-state index in [9.17, 15) is 9.18 Å². The maximum Gasteiger partial charge on any atom is 0.252 e. The van der Waals surface area contributed by atoms with Gasteiger partial charge in [0.15, 0.2) is 0 Å². The third-order valence-electron chi connectivity index (χ3n) is 8.31. The number of amides is 1. The number of allylic oxidation sites excluding steroid dienone is 2. The number of carbonyl (C=O) groups is 1. The number of rotatable bonds is 7. The second-order valence-electron chi connectivity index (χ2n) is 10.6. The average Bonchev–Trinajstić information content (AvgIpc) is 3.63. The summed E-state index contributed by atoms with van der Waals surface area (Å²) in [4.78, 5) is 16.5. The molecule has 0 aliphatic heterocycles. The molecule has 0 spiro atoms. The second-order valence-corrected chi connectivity index (χ2v) is 10.6. The maximum absolute atomic E-state index is 13.5. The number of benzene rings is 2. The summed E-state index contributed by atoms with van der Waals surface area (Å²) in [6.07, 6.45) is 9.95. The Bertz CT molecular complexity index is 1480. The summed E-state index contributed by atoms with van der Waals surface area (Å²) in [7, 11) is 0. The summed E-state index contributed by atoms with van der Waals surface area (Å²) < 4.78 is 15.4. The Morgan fingerprint density at radius 2 is 2.05 bits per heavy atom. The predicted molar refractivity (Wildman–Crippen MR) is 144 cm³/mol. The van der Waals surface area contributed by atoms with Crippen molar-refractivity contribution in [2.45, 2.75) is 64.3 Å². The van der Waals surface area contributed by atoms with Crippen molar-refractivity contribution >= 4 is 16.8 Å². The summed E-state index contributed by atoms with van der Waals surface area (Å²) in [5, 5.41) is 9.04. The van der Waals surface area contributed by atoms with Gasteiger partial charge in [-0.25, -0.2) is 9.07 Å². The fraction of sp³-hybridized carbons (Fsp3) is 0.355. The molecule has 6 rings (SSSR count). The van der Waals surface area contributed by atoms with Crippen molar-refractivity contribution in [1.29, 1.82) is 0 Å². The number of hydrogen-bond donors (Lipinski definition) is 2. The van der Waals surface area contributed by atoms with E-state index in [2.05, 4.69) is 24.1 Å². The van der Waals surface area contributed by atoms with Gasteiger partial charge in [-0.1, -0.05) is 37.5 Å². The van der Waals surface area contributed by atoms with E-state index in [0.29, 0.717) is 11.8 Å². The van der Waals surface area contributed by atoms with Crippen molar-refractivity contribution in [1.82, 2.24) is 20.1 Å². The molecular formula is C31H33FN4O. The normalized spacial score (nSPS) is 19.6. The van der Waals surface area contributed by atoms with Crippen LogP contribution in [0.5, 0.6) is 0 Å². The molecule has 0 radical (unpaired) electrons. The van der Waals surface area contributed by atoms with E-state index in [1.807, 2.05) is 41.3 Å². The Kier molecular flexibility index (Phi) is 6.19. The van der Waals surface area contributed by atoms with E-state index >= 15 is 0 Å². The minimum atomic E-state index is -0.236. The van der Waals surface area contributed by atoms with Crippen molar-refractivity contribution in [2.24, 2.45) is 5.92 Å². The van der Waals surface area contributed by atoms with Gasteiger partial charge in [-0.05, 0) is 74.1 Å². The monoisotopic (exact) mass is 496 g/mol. The molecule has 2 aromatic carbocycles. The lowest BCUT2D eigenvalue weighted by Gasteiger charge is -2.29. The van der Waals surface area contributed by atoms with E-state index in [1.54, 1.807) is 17.7 Å². The number of nitrogens with zero attached hydrogens (tertiary/aromatic N) is 2. The SMILES string of the molecule is CCCC(C[C@H]1CCC2=C1[C@@H](C)c1cnn(-c3ccc(F)cc3)c1C2)NC(=O)c1cccc2[nH]ccc12. The minimum Gasteiger partial charge on any atom is -0.361 e. The van der Waals surface area contributed by atoms with Gasteiger partial charge in [0.05, 0.1) is 17.6 Å². The van der Waals surface area contributed by atoms with Crippen LogP contribution in [0.2, 0.25) is 0 Å². The molecule has 2 aromatic heterocycles. The number of aromatic amines is 1. The Balaban J connectivity index is 1.22. The van der Waals surface area contributed by atoms with Crippen LogP contribution in [-0.2, 0) is 6.42 Å². The van der Waals surface area contributed by atoms with Crippen LogP contribution in [0.1, 0.15) is 73.5 Å². The molecule has 5 nitrogen and oxygen atoms in total.